The van der Waals surface area contributed by atoms with E-state index in [4.69, 9.17) is 9.47 Å². The molecule has 1 aliphatic rings. The fourth-order valence-corrected chi connectivity index (χ4v) is 2.99. The smallest absolute Gasteiger partial charge is 0.254 e. The van der Waals surface area contributed by atoms with Crippen LogP contribution in [0, 0.1) is 0 Å². The largest absolute Gasteiger partial charge is 0.493 e. The first kappa shape index (κ1) is 19.8. The summed E-state index contributed by atoms with van der Waals surface area (Å²) in [5.41, 5.74) is 0.435. The van der Waals surface area contributed by atoms with Crippen molar-refractivity contribution in [1.82, 2.24) is 9.80 Å². The minimum Gasteiger partial charge on any atom is -0.493 e. The van der Waals surface area contributed by atoms with E-state index in [0.29, 0.717) is 30.2 Å². The van der Waals surface area contributed by atoms with E-state index in [1.165, 1.54) is 18.9 Å². The van der Waals surface area contributed by atoms with E-state index in [-0.39, 0.29) is 30.2 Å². The summed E-state index contributed by atoms with van der Waals surface area (Å²) in [5.74, 6) is 0.795. The minimum absolute atomic E-state index is 0.00133. The molecule has 7 nitrogen and oxygen atoms in total. The Morgan fingerprint density at radius 3 is 2.35 bits per heavy atom. The fraction of sp³-hybridized carbons (Fsp3) is 0.526. The lowest BCUT2D eigenvalue weighted by Gasteiger charge is -2.31. The molecule has 0 spiro atoms. The zero-order chi connectivity index (χ0) is 19.3. The number of rotatable bonds is 6. The molecular weight excluding hydrogens is 336 g/mol. The van der Waals surface area contributed by atoms with Crippen LogP contribution in [0.2, 0.25) is 0 Å². The summed E-state index contributed by atoms with van der Waals surface area (Å²) in [7, 11) is 3.11. The second kappa shape index (κ2) is 8.69. The summed E-state index contributed by atoms with van der Waals surface area (Å²) in [4.78, 5) is 38.2. The van der Waals surface area contributed by atoms with Gasteiger partial charge in [-0.25, -0.2) is 0 Å². The molecule has 1 aliphatic heterocycles. The highest BCUT2D eigenvalue weighted by atomic mass is 16.5. The molecule has 142 valence electrons. The number of nitrogens with zero attached hydrogens (tertiary/aromatic N) is 2. The van der Waals surface area contributed by atoms with Crippen molar-refractivity contribution in [3.63, 3.8) is 0 Å². The van der Waals surface area contributed by atoms with Gasteiger partial charge in [-0.1, -0.05) is 0 Å². The van der Waals surface area contributed by atoms with Gasteiger partial charge < -0.3 is 19.3 Å². The number of amides is 2. The number of carbonyl (C=O) groups excluding carboxylic acids is 3. The summed E-state index contributed by atoms with van der Waals surface area (Å²) in [5, 5.41) is 0. The molecule has 1 fully saturated rings. The van der Waals surface area contributed by atoms with E-state index in [9.17, 15) is 14.4 Å². The molecule has 1 saturated heterocycles. The van der Waals surface area contributed by atoms with Gasteiger partial charge in [0, 0.05) is 45.5 Å². The van der Waals surface area contributed by atoms with Gasteiger partial charge in [0.1, 0.15) is 11.9 Å². The monoisotopic (exact) mass is 362 g/mol. The first-order valence-corrected chi connectivity index (χ1v) is 8.67. The van der Waals surface area contributed by atoms with E-state index < -0.39 is 0 Å². The molecule has 1 aromatic rings. The van der Waals surface area contributed by atoms with Gasteiger partial charge >= 0.3 is 0 Å². The van der Waals surface area contributed by atoms with Crippen LogP contribution in [0.5, 0.6) is 11.5 Å². The fourth-order valence-electron chi connectivity index (χ4n) is 2.99. The second-order valence-electron chi connectivity index (χ2n) is 6.55. The molecule has 26 heavy (non-hydrogen) atoms. The zero-order valence-corrected chi connectivity index (χ0v) is 15.8. The number of piperidine rings is 1. The Labute approximate surface area is 153 Å². The molecule has 1 aromatic carbocycles. The first-order chi connectivity index (χ1) is 12.3. The molecule has 0 aromatic heterocycles. The number of methoxy groups -OCH3 is 1. The molecule has 0 bridgehead atoms. The topological polar surface area (TPSA) is 76.2 Å². The lowest BCUT2D eigenvalue weighted by Crippen LogP contribution is -2.40. The summed E-state index contributed by atoms with van der Waals surface area (Å²) < 4.78 is 11.4. The number of hydrogen-bond acceptors (Lipinski definition) is 5. The summed E-state index contributed by atoms with van der Waals surface area (Å²) in [6.07, 6.45) is 1.51. The number of ether oxygens (including phenoxy) is 2. The van der Waals surface area contributed by atoms with Gasteiger partial charge in [-0.3, -0.25) is 14.4 Å². The predicted molar refractivity (Wildman–Crippen MR) is 96.5 cm³/mol. The van der Waals surface area contributed by atoms with E-state index >= 15 is 0 Å². The van der Waals surface area contributed by atoms with Gasteiger partial charge in [-0.15, -0.1) is 0 Å². The van der Waals surface area contributed by atoms with Crippen LogP contribution in [-0.2, 0) is 9.59 Å². The summed E-state index contributed by atoms with van der Waals surface area (Å²) >= 11 is 0. The van der Waals surface area contributed by atoms with Gasteiger partial charge in [0.25, 0.3) is 5.91 Å². The van der Waals surface area contributed by atoms with Crippen molar-refractivity contribution >= 4 is 17.6 Å². The summed E-state index contributed by atoms with van der Waals surface area (Å²) in [6.45, 7) is 4.43. The predicted octanol–water partition coefficient (Wildman–Crippen LogP) is 1.75. The van der Waals surface area contributed by atoms with Gasteiger partial charge in [-0.05, 0) is 25.1 Å². The van der Waals surface area contributed by atoms with Crippen LogP contribution in [0.15, 0.2) is 18.2 Å². The number of likely N-dealkylation sites (N-methyl/N-ethyl adjacent to an activating group) is 1. The van der Waals surface area contributed by atoms with Crippen LogP contribution < -0.4 is 9.47 Å². The van der Waals surface area contributed by atoms with Crippen LogP contribution in [0.3, 0.4) is 0 Å². The molecule has 0 N–H and O–H groups in total. The molecule has 1 heterocycles. The third-order valence-electron chi connectivity index (χ3n) is 4.40. The molecular formula is C19H26N2O5. The Balaban J connectivity index is 2.06. The maximum atomic E-state index is 12.4. The van der Waals surface area contributed by atoms with Crippen molar-refractivity contribution < 1.29 is 23.9 Å². The second-order valence-corrected chi connectivity index (χ2v) is 6.55. The minimum atomic E-state index is -0.250. The number of benzene rings is 1. The average Bonchev–Trinajstić information content (AvgIpc) is 2.61. The third-order valence-corrected chi connectivity index (χ3v) is 4.40. The molecule has 2 rings (SSSR count). The number of Topliss-reactive ketones (excluding diaryl/α,β-unsaturated/α-hetero) is 1. The average molecular weight is 362 g/mol. The standard InChI is InChI=1S/C19H26N2O5/c1-13(22)12-20(3)19(24)15-5-6-17(18(11-15)25-4)26-16-7-9-21(10-8-16)14(2)23/h5-6,11,16H,7-10,12H2,1-4H3. The van der Waals surface area contributed by atoms with Crippen LogP contribution in [0.25, 0.3) is 0 Å². The lowest BCUT2D eigenvalue weighted by molar-refractivity contribution is -0.130. The van der Waals surface area contributed by atoms with Crippen LogP contribution in [0.1, 0.15) is 37.0 Å². The number of carbonyl (C=O) groups is 3. The Bertz CT molecular complexity index is 681. The third kappa shape index (κ3) is 4.97. The van der Waals surface area contributed by atoms with Crippen molar-refractivity contribution in [2.24, 2.45) is 0 Å². The van der Waals surface area contributed by atoms with E-state index in [1.54, 1.807) is 32.2 Å². The Morgan fingerprint density at radius 1 is 1.15 bits per heavy atom. The number of likely N-dealkylation sites (tertiary alicyclic amines) is 1. The normalized spacial score (nSPS) is 14.7. The SMILES string of the molecule is COc1cc(C(=O)N(C)CC(C)=O)ccc1OC1CCN(C(C)=O)CC1. The van der Waals surface area contributed by atoms with Crippen LogP contribution >= 0.6 is 0 Å². The Hall–Kier alpha value is -2.57. The Kier molecular flexibility index (Phi) is 6.60. The van der Waals surface area contributed by atoms with Crippen molar-refractivity contribution in [3.05, 3.63) is 23.8 Å². The maximum Gasteiger partial charge on any atom is 0.254 e. The summed E-state index contributed by atoms with van der Waals surface area (Å²) in [6, 6.07) is 5.01. The van der Waals surface area contributed by atoms with Gasteiger partial charge in [0.05, 0.1) is 13.7 Å². The van der Waals surface area contributed by atoms with Crippen LogP contribution in [0.4, 0.5) is 0 Å². The molecule has 0 unspecified atom stereocenters. The maximum absolute atomic E-state index is 12.4. The number of hydrogen-bond donors (Lipinski definition) is 0. The number of ketones is 1. The highest BCUT2D eigenvalue weighted by Crippen LogP contribution is 2.31. The molecule has 7 heteroatoms. The molecule has 0 radical (unpaired) electrons. The highest BCUT2D eigenvalue weighted by Gasteiger charge is 2.23. The van der Waals surface area contributed by atoms with E-state index in [2.05, 4.69) is 0 Å². The van der Waals surface area contributed by atoms with Crippen LogP contribution in [-0.4, -0.2) is 67.3 Å². The molecule has 0 atom stereocenters. The van der Waals surface area contributed by atoms with Gasteiger partial charge in [0.2, 0.25) is 5.91 Å². The molecule has 0 aliphatic carbocycles. The zero-order valence-electron chi connectivity index (χ0n) is 15.8. The van der Waals surface area contributed by atoms with Gasteiger partial charge in [0.15, 0.2) is 11.5 Å². The quantitative estimate of drug-likeness (QED) is 0.771. The lowest BCUT2D eigenvalue weighted by atomic mass is 10.1. The van der Waals surface area contributed by atoms with Crippen molar-refractivity contribution in [2.75, 3.05) is 33.8 Å². The molecule has 0 saturated carbocycles. The molecule has 2 amide bonds. The van der Waals surface area contributed by atoms with Crippen molar-refractivity contribution in [1.29, 1.82) is 0 Å². The van der Waals surface area contributed by atoms with E-state index in [1.807, 2.05) is 4.90 Å². The van der Waals surface area contributed by atoms with E-state index in [0.717, 1.165) is 12.8 Å². The first-order valence-electron chi connectivity index (χ1n) is 8.67. The van der Waals surface area contributed by atoms with Gasteiger partial charge in [-0.2, -0.15) is 0 Å². The van der Waals surface area contributed by atoms with Crippen molar-refractivity contribution in [3.8, 4) is 11.5 Å². The Morgan fingerprint density at radius 2 is 1.81 bits per heavy atom. The highest BCUT2D eigenvalue weighted by molar-refractivity contribution is 5.96. The van der Waals surface area contributed by atoms with Crippen molar-refractivity contribution in [2.45, 2.75) is 32.8 Å².